The van der Waals surface area contributed by atoms with Gasteiger partial charge in [0.25, 0.3) is 0 Å². The largest absolute Gasteiger partial charge is 0.356 e. The van der Waals surface area contributed by atoms with E-state index in [1.165, 1.54) is 0 Å². The fourth-order valence-electron chi connectivity index (χ4n) is 2.57. The van der Waals surface area contributed by atoms with Crippen LogP contribution in [0.5, 0.6) is 0 Å². The van der Waals surface area contributed by atoms with E-state index in [0.717, 1.165) is 25.8 Å². The Morgan fingerprint density at radius 3 is 2.44 bits per heavy atom. The number of hydrogen-bond donors (Lipinski definition) is 2. The first-order chi connectivity index (χ1) is 8.20. The van der Waals surface area contributed by atoms with Crippen molar-refractivity contribution in [3.05, 3.63) is 0 Å². The summed E-state index contributed by atoms with van der Waals surface area (Å²) < 4.78 is 0. The van der Waals surface area contributed by atoms with Crippen LogP contribution in [0, 0.1) is 23.2 Å². The van der Waals surface area contributed by atoms with Crippen molar-refractivity contribution in [2.24, 2.45) is 28.9 Å². The number of carbonyl (C=O) groups excluding carboxylic acids is 1. The third kappa shape index (κ3) is 4.60. The van der Waals surface area contributed by atoms with Gasteiger partial charge in [-0.05, 0) is 36.5 Å². The molecule has 0 bridgehead atoms. The average molecular weight is 254 g/mol. The molecular weight excluding hydrogens is 224 g/mol. The number of rotatable bonds is 3. The van der Waals surface area contributed by atoms with E-state index in [0.29, 0.717) is 11.8 Å². The molecule has 3 heteroatoms. The molecule has 0 radical (unpaired) electrons. The smallest absolute Gasteiger partial charge is 0.223 e. The third-order valence-electron chi connectivity index (χ3n) is 4.41. The molecule has 0 heterocycles. The summed E-state index contributed by atoms with van der Waals surface area (Å²) in [5.74, 6) is 1.38. The van der Waals surface area contributed by atoms with E-state index in [-0.39, 0.29) is 23.3 Å². The summed E-state index contributed by atoms with van der Waals surface area (Å²) in [6, 6.07) is 0.199. The van der Waals surface area contributed by atoms with Crippen LogP contribution in [-0.2, 0) is 4.79 Å². The van der Waals surface area contributed by atoms with Gasteiger partial charge in [0.2, 0.25) is 5.91 Å². The van der Waals surface area contributed by atoms with Crippen molar-refractivity contribution in [3.63, 3.8) is 0 Å². The zero-order chi connectivity index (χ0) is 13.9. The molecule has 0 aromatic carbocycles. The van der Waals surface area contributed by atoms with E-state index in [1.807, 2.05) is 0 Å². The maximum Gasteiger partial charge on any atom is 0.223 e. The number of nitrogens with one attached hydrogen (secondary N) is 1. The quantitative estimate of drug-likeness (QED) is 0.813. The lowest BCUT2D eigenvalue weighted by atomic mass is 9.79. The molecule has 1 saturated carbocycles. The van der Waals surface area contributed by atoms with Crippen LogP contribution in [0.2, 0.25) is 0 Å². The van der Waals surface area contributed by atoms with E-state index in [9.17, 15) is 4.79 Å². The highest BCUT2D eigenvalue weighted by Crippen LogP contribution is 2.29. The zero-order valence-electron chi connectivity index (χ0n) is 12.6. The van der Waals surface area contributed by atoms with E-state index < -0.39 is 0 Å². The Labute approximate surface area is 112 Å². The van der Waals surface area contributed by atoms with Gasteiger partial charge in [-0.15, -0.1) is 0 Å². The summed E-state index contributed by atoms with van der Waals surface area (Å²) in [6.45, 7) is 11.8. The zero-order valence-corrected chi connectivity index (χ0v) is 12.6. The Bertz CT molecular complexity index is 273. The van der Waals surface area contributed by atoms with Crippen molar-refractivity contribution in [3.8, 4) is 0 Å². The Morgan fingerprint density at radius 1 is 1.33 bits per heavy atom. The van der Waals surface area contributed by atoms with Gasteiger partial charge in [0, 0.05) is 18.5 Å². The molecule has 1 rings (SSSR count). The highest BCUT2D eigenvalue weighted by molar-refractivity contribution is 5.78. The molecular formula is C15H30N2O. The molecule has 1 aliphatic rings. The second-order valence-corrected chi connectivity index (χ2v) is 7.28. The Morgan fingerprint density at radius 2 is 1.94 bits per heavy atom. The molecule has 106 valence electrons. The van der Waals surface area contributed by atoms with Gasteiger partial charge in [0.05, 0.1) is 0 Å². The van der Waals surface area contributed by atoms with E-state index in [1.54, 1.807) is 0 Å². The van der Waals surface area contributed by atoms with Gasteiger partial charge < -0.3 is 11.1 Å². The van der Waals surface area contributed by atoms with Gasteiger partial charge in [-0.1, -0.05) is 34.6 Å². The van der Waals surface area contributed by atoms with Crippen LogP contribution in [0.4, 0.5) is 0 Å². The van der Waals surface area contributed by atoms with Crippen molar-refractivity contribution in [1.29, 1.82) is 0 Å². The third-order valence-corrected chi connectivity index (χ3v) is 4.41. The molecule has 4 atom stereocenters. The molecule has 0 aromatic rings. The molecule has 3 nitrogen and oxygen atoms in total. The van der Waals surface area contributed by atoms with Gasteiger partial charge >= 0.3 is 0 Å². The van der Waals surface area contributed by atoms with Crippen LogP contribution in [0.25, 0.3) is 0 Å². The van der Waals surface area contributed by atoms with Crippen LogP contribution in [0.3, 0.4) is 0 Å². The molecule has 0 aromatic heterocycles. The summed E-state index contributed by atoms with van der Waals surface area (Å²) in [7, 11) is 0. The van der Waals surface area contributed by atoms with E-state index in [4.69, 9.17) is 5.73 Å². The van der Waals surface area contributed by atoms with Gasteiger partial charge in [-0.25, -0.2) is 0 Å². The minimum atomic E-state index is 0.121. The molecule has 1 fully saturated rings. The first-order valence-corrected chi connectivity index (χ1v) is 7.23. The molecule has 4 unspecified atom stereocenters. The minimum absolute atomic E-state index is 0.121. The van der Waals surface area contributed by atoms with Crippen LogP contribution in [0.1, 0.15) is 53.9 Å². The van der Waals surface area contributed by atoms with Crippen molar-refractivity contribution >= 4 is 5.91 Å². The first kappa shape index (κ1) is 15.5. The topological polar surface area (TPSA) is 55.1 Å². The average Bonchev–Trinajstić information content (AvgIpc) is 2.22. The second kappa shape index (κ2) is 6.05. The highest BCUT2D eigenvalue weighted by Gasteiger charge is 2.29. The number of carbonyl (C=O) groups is 1. The highest BCUT2D eigenvalue weighted by atomic mass is 16.1. The lowest BCUT2D eigenvalue weighted by Crippen LogP contribution is -2.42. The summed E-state index contributed by atoms with van der Waals surface area (Å²) in [4.78, 5) is 12.2. The number of hydrogen-bond acceptors (Lipinski definition) is 2. The predicted molar refractivity (Wildman–Crippen MR) is 76.1 cm³/mol. The molecule has 1 aliphatic carbocycles. The van der Waals surface area contributed by atoms with Gasteiger partial charge in [-0.3, -0.25) is 4.79 Å². The van der Waals surface area contributed by atoms with Crippen LogP contribution in [-0.4, -0.2) is 18.5 Å². The molecule has 0 spiro atoms. The maximum absolute atomic E-state index is 12.2. The fraction of sp³-hybridized carbons (Fsp3) is 0.933. The van der Waals surface area contributed by atoms with Crippen molar-refractivity contribution in [1.82, 2.24) is 5.32 Å². The Hall–Kier alpha value is -0.570. The SMILES string of the molecule is CC1CC(N)CC(C(=O)NCC(C)C(C)(C)C)C1. The molecule has 1 amide bonds. The fourth-order valence-corrected chi connectivity index (χ4v) is 2.57. The monoisotopic (exact) mass is 254 g/mol. The maximum atomic E-state index is 12.2. The standard InChI is InChI=1S/C15H30N2O/c1-10-6-12(8-13(16)7-10)14(18)17-9-11(2)15(3,4)5/h10-13H,6-9,16H2,1-5H3,(H,17,18). The summed E-state index contributed by atoms with van der Waals surface area (Å²) >= 11 is 0. The van der Waals surface area contributed by atoms with Crippen LogP contribution in [0.15, 0.2) is 0 Å². The van der Waals surface area contributed by atoms with Gasteiger partial charge in [-0.2, -0.15) is 0 Å². The van der Waals surface area contributed by atoms with Gasteiger partial charge in [0.15, 0.2) is 0 Å². The Balaban J connectivity index is 2.41. The summed E-state index contributed by atoms with van der Waals surface area (Å²) in [5.41, 5.74) is 6.24. The van der Waals surface area contributed by atoms with E-state index >= 15 is 0 Å². The van der Waals surface area contributed by atoms with Crippen LogP contribution >= 0.6 is 0 Å². The molecule has 0 saturated heterocycles. The van der Waals surface area contributed by atoms with Gasteiger partial charge in [0.1, 0.15) is 0 Å². The second-order valence-electron chi connectivity index (χ2n) is 7.28. The number of amides is 1. The molecule has 0 aliphatic heterocycles. The molecule has 18 heavy (non-hydrogen) atoms. The van der Waals surface area contributed by atoms with Crippen molar-refractivity contribution in [2.45, 2.75) is 59.9 Å². The summed E-state index contributed by atoms with van der Waals surface area (Å²) in [6.07, 6.45) is 2.89. The lowest BCUT2D eigenvalue weighted by molar-refractivity contribution is -0.126. The first-order valence-electron chi connectivity index (χ1n) is 7.23. The lowest BCUT2D eigenvalue weighted by Gasteiger charge is -2.32. The van der Waals surface area contributed by atoms with Crippen molar-refractivity contribution in [2.75, 3.05) is 6.54 Å². The van der Waals surface area contributed by atoms with Crippen molar-refractivity contribution < 1.29 is 4.79 Å². The summed E-state index contributed by atoms with van der Waals surface area (Å²) in [5, 5.41) is 3.11. The molecule has 3 N–H and O–H groups in total. The van der Waals surface area contributed by atoms with Crippen LogP contribution < -0.4 is 11.1 Å². The Kier molecular flexibility index (Phi) is 5.20. The normalized spacial score (nSPS) is 30.9. The van der Waals surface area contributed by atoms with E-state index in [2.05, 4.69) is 39.9 Å². The minimum Gasteiger partial charge on any atom is -0.356 e. The predicted octanol–water partition coefficient (Wildman–Crippen LogP) is 2.55. The number of nitrogens with two attached hydrogens (primary N) is 1.